The Bertz CT molecular complexity index is 715. The Hall–Kier alpha value is -1.93. The van der Waals surface area contributed by atoms with E-state index in [1.165, 1.54) is 4.90 Å². The summed E-state index contributed by atoms with van der Waals surface area (Å²) in [6, 6.07) is 3.73. The molecule has 8 heteroatoms. The van der Waals surface area contributed by atoms with Crippen molar-refractivity contribution in [3.63, 3.8) is 0 Å². The van der Waals surface area contributed by atoms with Gasteiger partial charge in [0, 0.05) is 7.05 Å². The highest BCUT2D eigenvalue weighted by molar-refractivity contribution is 6.62. The van der Waals surface area contributed by atoms with Gasteiger partial charge in [-0.2, -0.15) is 0 Å². The van der Waals surface area contributed by atoms with Crippen LogP contribution in [0.4, 0.5) is 4.79 Å². The summed E-state index contributed by atoms with van der Waals surface area (Å²) < 4.78 is 28.9. The normalized spacial score (nSPS) is 17.8. The lowest BCUT2D eigenvalue weighted by Gasteiger charge is -2.32. The monoisotopic (exact) mass is 407 g/mol. The number of rotatable bonds is 5. The summed E-state index contributed by atoms with van der Waals surface area (Å²) in [4.78, 5) is 13.8. The van der Waals surface area contributed by atoms with E-state index >= 15 is 0 Å². The van der Waals surface area contributed by atoms with Crippen LogP contribution < -0.4 is 14.9 Å². The van der Waals surface area contributed by atoms with E-state index in [-0.39, 0.29) is 6.54 Å². The van der Waals surface area contributed by atoms with Crippen LogP contribution in [0.3, 0.4) is 0 Å². The minimum Gasteiger partial charge on any atom is -0.496 e. The van der Waals surface area contributed by atoms with Crippen LogP contribution in [0.5, 0.6) is 11.5 Å². The average molecular weight is 407 g/mol. The zero-order chi connectivity index (χ0) is 22.2. The minimum absolute atomic E-state index is 0.269. The van der Waals surface area contributed by atoms with Gasteiger partial charge in [-0.3, -0.25) is 0 Å². The molecule has 29 heavy (non-hydrogen) atoms. The summed E-state index contributed by atoms with van der Waals surface area (Å²) in [5.41, 5.74) is 0.0615. The first-order chi connectivity index (χ1) is 13.2. The number of hydrogen-bond acceptors (Lipinski definition) is 6. The molecule has 0 bridgehead atoms. The number of ether oxygens (including phenoxy) is 3. The van der Waals surface area contributed by atoms with Crippen LogP contribution in [0.2, 0.25) is 0 Å². The number of amides is 1. The van der Waals surface area contributed by atoms with Crippen LogP contribution in [0.15, 0.2) is 12.1 Å². The second kappa shape index (κ2) is 8.07. The molecule has 0 atom stereocenters. The van der Waals surface area contributed by atoms with Gasteiger partial charge in [-0.05, 0) is 66.1 Å². The summed E-state index contributed by atoms with van der Waals surface area (Å²) >= 11 is 0. The van der Waals surface area contributed by atoms with Gasteiger partial charge in [-0.1, -0.05) is 0 Å². The smallest absolute Gasteiger partial charge is 0.495 e. The summed E-state index contributed by atoms with van der Waals surface area (Å²) in [6.07, 6.45) is -0.420. The molecule has 1 aromatic carbocycles. The molecule has 0 N–H and O–H groups in total. The first-order valence-electron chi connectivity index (χ1n) is 9.75. The molecule has 0 radical (unpaired) electrons. The Kier molecular flexibility index (Phi) is 6.50. The summed E-state index contributed by atoms with van der Waals surface area (Å²) in [5.74, 6) is 1.17. The van der Waals surface area contributed by atoms with Crippen LogP contribution >= 0.6 is 0 Å². The number of carbonyl (C=O) groups excluding carboxylic acids is 1. The lowest BCUT2D eigenvalue weighted by Crippen LogP contribution is -2.41. The quantitative estimate of drug-likeness (QED) is 0.698. The van der Waals surface area contributed by atoms with Gasteiger partial charge in [0.05, 0.1) is 37.5 Å². The van der Waals surface area contributed by atoms with Gasteiger partial charge in [-0.25, -0.2) is 4.79 Å². The average Bonchev–Trinajstić information content (AvgIpc) is 2.80. The lowest BCUT2D eigenvalue weighted by atomic mass is 9.78. The predicted molar refractivity (Wildman–Crippen MR) is 113 cm³/mol. The van der Waals surface area contributed by atoms with Crippen LogP contribution in [-0.4, -0.2) is 56.2 Å². The molecule has 0 aromatic heterocycles. The van der Waals surface area contributed by atoms with Crippen LogP contribution in [0.25, 0.3) is 0 Å². The molecule has 2 rings (SSSR count). The van der Waals surface area contributed by atoms with Crippen molar-refractivity contribution in [2.24, 2.45) is 0 Å². The Morgan fingerprint density at radius 2 is 1.48 bits per heavy atom. The molecule has 0 spiro atoms. The second-order valence-corrected chi connectivity index (χ2v) is 9.33. The van der Waals surface area contributed by atoms with E-state index in [9.17, 15) is 4.79 Å². The third-order valence-corrected chi connectivity index (χ3v) is 5.26. The molecule has 1 fully saturated rings. The molecular weight excluding hydrogens is 373 g/mol. The largest absolute Gasteiger partial charge is 0.496 e. The zero-order valence-corrected chi connectivity index (χ0v) is 19.3. The zero-order valence-electron chi connectivity index (χ0n) is 19.3. The Balaban J connectivity index is 2.33. The van der Waals surface area contributed by atoms with Crippen molar-refractivity contribution < 1.29 is 28.3 Å². The van der Waals surface area contributed by atoms with Crippen molar-refractivity contribution in [3.8, 4) is 11.5 Å². The van der Waals surface area contributed by atoms with Gasteiger partial charge in [0.2, 0.25) is 0 Å². The highest BCUT2D eigenvalue weighted by Crippen LogP contribution is 2.38. The van der Waals surface area contributed by atoms with Crippen LogP contribution in [0.1, 0.15) is 54.0 Å². The number of hydrogen-bond donors (Lipinski definition) is 0. The Morgan fingerprint density at radius 1 is 1.03 bits per heavy atom. The summed E-state index contributed by atoms with van der Waals surface area (Å²) in [5, 5.41) is 0. The maximum Gasteiger partial charge on any atom is 0.495 e. The van der Waals surface area contributed by atoms with Crippen molar-refractivity contribution in [1.29, 1.82) is 0 Å². The van der Waals surface area contributed by atoms with Gasteiger partial charge < -0.3 is 28.4 Å². The van der Waals surface area contributed by atoms with Crippen molar-refractivity contribution in [3.05, 3.63) is 17.7 Å². The summed E-state index contributed by atoms with van der Waals surface area (Å²) in [7, 11) is 4.30. The van der Waals surface area contributed by atoms with Gasteiger partial charge in [0.15, 0.2) is 0 Å². The fourth-order valence-electron chi connectivity index (χ4n) is 2.92. The first kappa shape index (κ1) is 23.4. The second-order valence-electron chi connectivity index (χ2n) is 9.33. The van der Waals surface area contributed by atoms with Crippen molar-refractivity contribution in [2.45, 2.75) is 71.8 Å². The van der Waals surface area contributed by atoms with E-state index in [0.29, 0.717) is 11.5 Å². The Morgan fingerprint density at radius 3 is 1.86 bits per heavy atom. The van der Waals surface area contributed by atoms with E-state index in [1.54, 1.807) is 21.3 Å². The molecule has 0 unspecified atom stereocenters. The van der Waals surface area contributed by atoms with Crippen molar-refractivity contribution in [1.82, 2.24) is 4.90 Å². The highest BCUT2D eigenvalue weighted by atomic mass is 16.7. The Labute approximate surface area is 174 Å². The fraction of sp³-hybridized carbons (Fsp3) is 0.667. The fourth-order valence-corrected chi connectivity index (χ4v) is 2.92. The third kappa shape index (κ3) is 5.17. The molecule has 1 aromatic rings. The van der Waals surface area contributed by atoms with E-state index in [1.807, 2.05) is 60.6 Å². The maximum absolute atomic E-state index is 12.4. The van der Waals surface area contributed by atoms with E-state index in [4.69, 9.17) is 23.5 Å². The van der Waals surface area contributed by atoms with Gasteiger partial charge in [-0.15, -0.1) is 0 Å². The molecule has 1 aliphatic rings. The SMILES string of the molecule is COc1cc(B2OC(C)(C)C(C)(C)O2)cc(OC)c1CN(C)C(=O)OC(C)(C)C. The van der Waals surface area contributed by atoms with Gasteiger partial charge in [0.25, 0.3) is 0 Å². The molecule has 1 heterocycles. The molecular formula is C21H34BNO6. The van der Waals surface area contributed by atoms with Crippen LogP contribution in [0, 0.1) is 0 Å². The molecule has 1 amide bonds. The lowest BCUT2D eigenvalue weighted by molar-refractivity contribution is 0.00578. The minimum atomic E-state index is -0.569. The topological polar surface area (TPSA) is 66.5 Å². The summed E-state index contributed by atoms with van der Waals surface area (Å²) in [6.45, 7) is 13.8. The molecule has 1 aliphatic heterocycles. The predicted octanol–water partition coefficient (Wildman–Crippen LogP) is 3.37. The number of nitrogens with zero attached hydrogens (tertiary/aromatic N) is 1. The van der Waals surface area contributed by atoms with Gasteiger partial charge in [0.1, 0.15) is 17.1 Å². The van der Waals surface area contributed by atoms with Crippen LogP contribution in [-0.2, 0) is 20.6 Å². The number of carbonyl (C=O) groups is 1. The maximum atomic E-state index is 12.4. The molecule has 0 aliphatic carbocycles. The molecule has 0 saturated carbocycles. The van der Waals surface area contributed by atoms with Crippen molar-refractivity contribution >= 4 is 18.7 Å². The van der Waals surface area contributed by atoms with E-state index in [2.05, 4.69) is 0 Å². The molecule has 162 valence electrons. The number of methoxy groups -OCH3 is 2. The molecule has 1 saturated heterocycles. The highest BCUT2D eigenvalue weighted by Gasteiger charge is 2.52. The first-order valence-corrected chi connectivity index (χ1v) is 9.75. The van der Waals surface area contributed by atoms with E-state index < -0.39 is 30.0 Å². The number of benzene rings is 1. The third-order valence-electron chi connectivity index (χ3n) is 5.26. The molecule has 7 nitrogen and oxygen atoms in total. The van der Waals surface area contributed by atoms with Gasteiger partial charge >= 0.3 is 13.2 Å². The van der Waals surface area contributed by atoms with E-state index in [0.717, 1.165) is 11.0 Å². The standard InChI is InChI=1S/C21H34BNO6/c1-19(2,3)27-18(24)23(8)13-15-16(25-9)11-14(12-17(15)26-10)22-28-20(4,5)21(6,7)29-22/h11-12H,13H2,1-10H3. The van der Waals surface area contributed by atoms with Crippen molar-refractivity contribution in [2.75, 3.05) is 21.3 Å².